The lowest BCUT2D eigenvalue weighted by Gasteiger charge is -2.16. The van der Waals surface area contributed by atoms with E-state index in [0.717, 1.165) is 0 Å². The van der Waals surface area contributed by atoms with Gasteiger partial charge in [-0.25, -0.2) is 4.79 Å². The van der Waals surface area contributed by atoms with E-state index >= 15 is 0 Å². The van der Waals surface area contributed by atoms with Crippen LogP contribution in [-0.2, 0) is 28.8 Å². The molecule has 20 heavy (non-hydrogen) atoms. The van der Waals surface area contributed by atoms with Gasteiger partial charge in [-0.3, -0.25) is 14.4 Å². The number of nitrogens with zero attached hydrogens (tertiary/aromatic N) is 1. The predicted molar refractivity (Wildman–Crippen MR) is 65.8 cm³/mol. The second kappa shape index (κ2) is 7.59. The molecule has 0 bridgehead atoms. The minimum atomic E-state index is -1.10. The van der Waals surface area contributed by atoms with Crippen molar-refractivity contribution < 1.29 is 28.8 Å². The van der Waals surface area contributed by atoms with Crippen LogP contribution in [0.5, 0.6) is 0 Å². The average Bonchev–Trinajstić information content (AvgIpc) is 2.74. The maximum Gasteiger partial charge on any atom is 0.345 e. The second-order valence-electron chi connectivity index (χ2n) is 4.35. The Kier molecular flexibility index (Phi) is 6.10. The smallest absolute Gasteiger partial charge is 0.345 e. The maximum atomic E-state index is 11.7. The molecule has 1 saturated heterocycles. The van der Waals surface area contributed by atoms with Crippen molar-refractivity contribution in [2.45, 2.75) is 26.2 Å². The summed E-state index contributed by atoms with van der Waals surface area (Å²) in [6, 6.07) is 0. The topological polar surface area (TPSA) is 102 Å². The van der Waals surface area contributed by atoms with Crippen LogP contribution in [-0.4, -0.2) is 49.0 Å². The molecule has 1 unspecified atom stereocenters. The van der Waals surface area contributed by atoms with Crippen molar-refractivity contribution >= 4 is 23.7 Å². The maximum absolute atomic E-state index is 11.7. The lowest BCUT2D eigenvalue weighted by Crippen LogP contribution is -2.40. The summed E-state index contributed by atoms with van der Waals surface area (Å²) in [6.07, 6.45) is 0.653. The standard InChI is InChI=1S/C12H18N2O6/c1-8(11(17)13-6-3-7-19-2)12(18)20-14-9(15)4-5-10(14)16/h8H,3-7H2,1-2H3,(H,13,17). The zero-order valence-electron chi connectivity index (χ0n) is 11.5. The van der Waals surface area contributed by atoms with Gasteiger partial charge in [-0.1, -0.05) is 0 Å². The summed E-state index contributed by atoms with van der Waals surface area (Å²) in [5, 5.41) is 2.96. The number of imide groups is 1. The first-order valence-corrected chi connectivity index (χ1v) is 6.31. The third-order valence-electron chi connectivity index (χ3n) is 2.76. The Balaban J connectivity index is 2.40. The Bertz CT molecular complexity index is 393. The van der Waals surface area contributed by atoms with E-state index in [9.17, 15) is 19.2 Å². The zero-order valence-corrected chi connectivity index (χ0v) is 11.5. The summed E-state index contributed by atoms with van der Waals surface area (Å²) in [7, 11) is 1.55. The number of hydrogen-bond acceptors (Lipinski definition) is 6. The van der Waals surface area contributed by atoms with Crippen molar-refractivity contribution in [1.82, 2.24) is 10.4 Å². The molecule has 112 valence electrons. The highest BCUT2D eigenvalue weighted by atomic mass is 16.7. The minimum Gasteiger partial charge on any atom is -0.385 e. The van der Waals surface area contributed by atoms with E-state index < -0.39 is 29.6 Å². The van der Waals surface area contributed by atoms with E-state index in [1.54, 1.807) is 7.11 Å². The van der Waals surface area contributed by atoms with Crippen LogP contribution >= 0.6 is 0 Å². The number of amides is 3. The minimum absolute atomic E-state index is 0.0176. The van der Waals surface area contributed by atoms with Gasteiger partial charge in [-0.2, -0.15) is 0 Å². The molecular formula is C12H18N2O6. The van der Waals surface area contributed by atoms with Crippen LogP contribution in [0.25, 0.3) is 0 Å². The first-order valence-electron chi connectivity index (χ1n) is 6.31. The van der Waals surface area contributed by atoms with Crippen molar-refractivity contribution in [2.75, 3.05) is 20.3 Å². The van der Waals surface area contributed by atoms with Gasteiger partial charge < -0.3 is 14.9 Å². The van der Waals surface area contributed by atoms with E-state index in [0.29, 0.717) is 24.6 Å². The first kappa shape index (κ1) is 16.1. The predicted octanol–water partition coefficient (Wildman–Crippen LogP) is -0.618. The van der Waals surface area contributed by atoms with Crippen molar-refractivity contribution in [3.8, 4) is 0 Å². The molecule has 1 fully saturated rings. The van der Waals surface area contributed by atoms with E-state index in [4.69, 9.17) is 4.74 Å². The van der Waals surface area contributed by atoms with Crippen LogP contribution in [0.15, 0.2) is 0 Å². The molecule has 0 aliphatic carbocycles. The number of rotatable bonds is 7. The Morgan fingerprint density at radius 3 is 2.45 bits per heavy atom. The highest BCUT2D eigenvalue weighted by Gasteiger charge is 2.35. The van der Waals surface area contributed by atoms with Crippen LogP contribution in [0, 0.1) is 5.92 Å². The highest BCUT2D eigenvalue weighted by molar-refractivity contribution is 6.03. The molecule has 0 radical (unpaired) electrons. The summed E-state index contributed by atoms with van der Waals surface area (Å²) < 4.78 is 4.82. The van der Waals surface area contributed by atoms with Crippen LogP contribution in [0.4, 0.5) is 0 Å². The molecule has 1 atom stereocenters. The number of carbonyl (C=O) groups excluding carboxylic acids is 4. The molecule has 0 saturated carbocycles. The third kappa shape index (κ3) is 4.30. The molecule has 0 aromatic rings. The molecule has 1 aliphatic rings. The average molecular weight is 286 g/mol. The molecule has 3 amide bonds. The van der Waals surface area contributed by atoms with Gasteiger partial charge in [0, 0.05) is 33.1 Å². The largest absolute Gasteiger partial charge is 0.385 e. The third-order valence-corrected chi connectivity index (χ3v) is 2.76. The number of hydroxylamine groups is 2. The lowest BCUT2D eigenvalue weighted by atomic mass is 10.2. The van der Waals surface area contributed by atoms with Gasteiger partial charge in [0.05, 0.1) is 0 Å². The van der Waals surface area contributed by atoms with Gasteiger partial charge in [-0.15, -0.1) is 5.06 Å². The first-order chi connectivity index (χ1) is 9.47. The van der Waals surface area contributed by atoms with E-state index in [-0.39, 0.29) is 12.8 Å². The Morgan fingerprint density at radius 1 is 1.30 bits per heavy atom. The molecular weight excluding hydrogens is 268 g/mol. The molecule has 0 spiro atoms. The quantitative estimate of drug-likeness (QED) is 0.380. The normalized spacial score (nSPS) is 16.2. The van der Waals surface area contributed by atoms with Gasteiger partial charge in [0.2, 0.25) is 5.91 Å². The van der Waals surface area contributed by atoms with Gasteiger partial charge in [0.15, 0.2) is 0 Å². The molecule has 1 N–H and O–H groups in total. The molecule has 0 aromatic heterocycles. The van der Waals surface area contributed by atoms with Gasteiger partial charge in [0.25, 0.3) is 11.8 Å². The van der Waals surface area contributed by atoms with Gasteiger partial charge in [-0.05, 0) is 13.3 Å². The summed E-state index contributed by atoms with van der Waals surface area (Å²) in [4.78, 5) is 50.5. The Hall–Kier alpha value is -1.96. The van der Waals surface area contributed by atoms with Crippen LogP contribution in [0.3, 0.4) is 0 Å². The molecule has 1 rings (SSSR count). The molecule has 8 heteroatoms. The SMILES string of the molecule is COCCCNC(=O)C(C)C(=O)ON1C(=O)CCC1=O. The van der Waals surface area contributed by atoms with Crippen LogP contribution in [0.1, 0.15) is 26.2 Å². The van der Waals surface area contributed by atoms with E-state index in [1.807, 2.05) is 0 Å². The van der Waals surface area contributed by atoms with E-state index in [2.05, 4.69) is 10.2 Å². The molecule has 8 nitrogen and oxygen atoms in total. The number of carbonyl (C=O) groups is 4. The van der Waals surface area contributed by atoms with Crippen molar-refractivity contribution in [1.29, 1.82) is 0 Å². The number of hydrogen-bond donors (Lipinski definition) is 1. The molecule has 1 heterocycles. The van der Waals surface area contributed by atoms with Crippen LogP contribution in [0.2, 0.25) is 0 Å². The van der Waals surface area contributed by atoms with Gasteiger partial charge in [0.1, 0.15) is 5.92 Å². The summed E-state index contributed by atoms with van der Waals surface area (Å²) in [5.41, 5.74) is 0. The van der Waals surface area contributed by atoms with E-state index in [1.165, 1.54) is 6.92 Å². The summed E-state index contributed by atoms with van der Waals surface area (Å²) >= 11 is 0. The Labute approximate surface area is 116 Å². The zero-order chi connectivity index (χ0) is 15.1. The van der Waals surface area contributed by atoms with Crippen molar-refractivity contribution in [3.63, 3.8) is 0 Å². The Morgan fingerprint density at radius 2 is 1.90 bits per heavy atom. The summed E-state index contributed by atoms with van der Waals surface area (Å²) in [6.45, 7) is 2.21. The van der Waals surface area contributed by atoms with Crippen LogP contribution < -0.4 is 5.32 Å². The monoisotopic (exact) mass is 286 g/mol. The lowest BCUT2D eigenvalue weighted by molar-refractivity contribution is -0.200. The highest BCUT2D eigenvalue weighted by Crippen LogP contribution is 2.13. The fourth-order valence-corrected chi connectivity index (χ4v) is 1.52. The van der Waals surface area contributed by atoms with Gasteiger partial charge >= 0.3 is 5.97 Å². The fraction of sp³-hybridized carbons (Fsp3) is 0.667. The van der Waals surface area contributed by atoms with Crippen molar-refractivity contribution in [3.05, 3.63) is 0 Å². The number of ether oxygens (including phenoxy) is 1. The molecule has 1 aliphatic heterocycles. The fourth-order valence-electron chi connectivity index (χ4n) is 1.52. The number of methoxy groups -OCH3 is 1. The number of nitrogens with one attached hydrogen (secondary N) is 1. The van der Waals surface area contributed by atoms with Crippen molar-refractivity contribution in [2.24, 2.45) is 5.92 Å². The summed E-state index contributed by atoms with van der Waals surface area (Å²) in [5.74, 6) is -3.70. The molecule has 0 aromatic carbocycles. The second-order valence-corrected chi connectivity index (χ2v) is 4.35.